The summed E-state index contributed by atoms with van der Waals surface area (Å²) in [6.45, 7) is 4.36. The van der Waals surface area contributed by atoms with Gasteiger partial charge in [0.2, 0.25) is 5.91 Å². The SMILES string of the molecule is CCN(C(=O)[C@@H]1CCC[C@H](NC(=O)OCC2c3ccccc3-c3ccccc32)C1)C(C)CC(=O)O. The summed E-state index contributed by atoms with van der Waals surface area (Å²) in [5.41, 5.74) is 4.70. The molecule has 0 aliphatic heterocycles. The van der Waals surface area contributed by atoms with E-state index in [1.165, 1.54) is 22.3 Å². The minimum absolute atomic E-state index is 0.00247. The maximum atomic E-state index is 13.1. The van der Waals surface area contributed by atoms with Crippen LogP contribution in [0.5, 0.6) is 0 Å². The van der Waals surface area contributed by atoms with E-state index >= 15 is 0 Å². The predicted octanol–water partition coefficient (Wildman–Crippen LogP) is 4.80. The lowest BCUT2D eigenvalue weighted by molar-refractivity contribution is -0.142. The molecule has 4 rings (SSSR count). The molecule has 7 nitrogen and oxygen atoms in total. The molecule has 0 bridgehead atoms. The Kier molecular flexibility index (Phi) is 7.73. The molecule has 1 saturated carbocycles. The Hall–Kier alpha value is -3.35. The van der Waals surface area contributed by atoms with E-state index in [-0.39, 0.29) is 42.9 Å². The third-order valence-corrected chi connectivity index (χ3v) is 7.31. The van der Waals surface area contributed by atoms with Crippen molar-refractivity contribution < 1.29 is 24.2 Å². The molecule has 0 heterocycles. The van der Waals surface area contributed by atoms with Gasteiger partial charge >= 0.3 is 12.1 Å². The molecule has 2 aliphatic carbocycles. The molecule has 0 spiro atoms. The number of nitrogens with zero attached hydrogens (tertiary/aromatic N) is 1. The van der Waals surface area contributed by atoms with Crippen LogP contribution in [0.25, 0.3) is 11.1 Å². The van der Waals surface area contributed by atoms with Crippen molar-refractivity contribution in [2.24, 2.45) is 5.92 Å². The van der Waals surface area contributed by atoms with E-state index in [0.29, 0.717) is 13.0 Å². The lowest BCUT2D eigenvalue weighted by Gasteiger charge is -2.35. The van der Waals surface area contributed by atoms with Crippen LogP contribution in [0.1, 0.15) is 63.0 Å². The Morgan fingerprint density at radius 3 is 2.29 bits per heavy atom. The third-order valence-electron chi connectivity index (χ3n) is 7.31. The molecule has 2 aromatic carbocycles. The summed E-state index contributed by atoms with van der Waals surface area (Å²) in [5.74, 6) is -1.16. The molecule has 35 heavy (non-hydrogen) atoms. The number of hydrogen-bond acceptors (Lipinski definition) is 4. The van der Waals surface area contributed by atoms with Gasteiger partial charge in [0.05, 0.1) is 6.42 Å². The molecule has 2 amide bonds. The fourth-order valence-corrected chi connectivity index (χ4v) is 5.63. The maximum Gasteiger partial charge on any atom is 0.407 e. The predicted molar refractivity (Wildman–Crippen MR) is 133 cm³/mol. The van der Waals surface area contributed by atoms with Crippen LogP contribution < -0.4 is 5.32 Å². The first-order valence-electron chi connectivity index (χ1n) is 12.5. The van der Waals surface area contributed by atoms with Crippen molar-refractivity contribution in [2.45, 2.75) is 64.0 Å². The highest BCUT2D eigenvalue weighted by molar-refractivity contribution is 5.81. The molecular formula is C28H34N2O5. The van der Waals surface area contributed by atoms with Gasteiger partial charge in [-0.3, -0.25) is 9.59 Å². The number of carboxylic acid groups (broad SMARTS) is 1. The molecule has 0 radical (unpaired) electrons. The number of rotatable bonds is 8. The average Bonchev–Trinajstić information content (AvgIpc) is 3.16. The topological polar surface area (TPSA) is 95.9 Å². The Morgan fingerprint density at radius 1 is 1.06 bits per heavy atom. The normalized spacial score (nSPS) is 19.8. The summed E-state index contributed by atoms with van der Waals surface area (Å²) in [6.07, 6.45) is 2.38. The first kappa shape index (κ1) is 24.8. The second-order valence-corrected chi connectivity index (χ2v) is 9.60. The molecule has 1 unspecified atom stereocenters. The van der Waals surface area contributed by atoms with Crippen LogP contribution in [0.4, 0.5) is 4.79 Å². The number of nitrogens with one attached hydrogen (secondary N) is 1. The first-order chi connectivity index (χ1) is 16.9. The summed E-state index contributed by atoms with van der Waals surface area (Å²) in [4.78, 5) is 38.5. The van der Waals surface area contributed by atoms with Crippen LogP contribution in [0.2, 0.25) is 0 Å². The number of fused-ring (bicyclic) bond motifs is 3. The van der Waals surface area contributed by atoms with Crippen LogP contribution in [-0.4, -0.2) is 53.2 Å². The number of ether oxygens (including phenoxy) is 1. The van der Waals surface area contributed by atoms with E-state index in [4.69, 9.17) is 9.84 Å². The molecule has 7 heteroatoms. The summed E-state index contributed by atoms with van der Waals surface area (Å²) >= 11 is 0. The van der Waals surface area contributed by atoms with Crippen molar-refractivity contribution in [3.8, 4) is 11.1 Å². The second kappa shape index (κ2) is 10.9. The quantitative estimate of drug-likeness (QED) is 0.568. The number of aliphatic carboxylic acids is 1. The fourth-order valence-electron chi connectivity index (χ4n) is 5.63. The zero-order valence-electron chi connectivity index (χ0n) is 20.4. The van der Waals surface area contributed by atoms with Crippen molar-refractivity contribution >= 4 is 18.0 Å². The Bertz CT molecular complexity index is 1040. The summed E-state index contributed by atoms with van der Waals surface area (Å²) < 4.78 is 5.68. The molecule has 0 saturated heterocycles. The molecule has 2 aliphatic rings. The van der Waals surface area contributed by atoms with Crippen molar-refractivity contribution in [3.63, 3.8) is 0 Å². The van der Waals surface area contributed by atoms with E-state index in [1.807, 2.05) is 31.2 Å². The highest BCUT2D eigenvalue weighted by atomic mass is 16.5. The molecule has 3 atom stereocenters. The smallest absolute Gasteiger partial charge is 0.407 e. The van der Waals surface area contributed by atoms with Crippen LogP contribution >= 0.6 is 0 Å². The van der Waals surface area contributed by atoms with Crippen molar-refractivity contribution in [2.75, 3.05) is 13.2 Å². The second-order valence-electron chi connectivity index (χ2n) is 9.60. The number of carboxylic acids is 1. The summed E-state index contributed by atoms with van der Waals surface area (Å²) in [7, 11) is 0. The molecule has 1 fully saturated rings. The highest BCUT2D eigenvalue weighted by Crippen LogP contribution is 2.44. The maximum absolute atomic E-state index is 13.1. The zero-order chi connectivity index (χ0) is 24.9. The van der Waals surface area contributed by atoms with Gasteiger partial charge in [0.15, 0.2) is 0 Å². The number of carbonyl (C=O) groups excluding carboxylic acids is 2. The standard InChI is InChI=1S/C28H34N2O5/c1-3-30(18(2)15-26(31)32)27(33)19-9-8-10-20(16-19)29-28(34)35-17-25-23-13-6-4-11-21(23)22-12-5-7-14-24(22)25/h4-7,11-14,18-20,25H,3,8-10,15-17H2,1-2H3,(H,29,34)(H,31,32)/t18?,19-,20+/m1/s1. The van der Waals surface area contributed by atoms with Crippen LogP contribution in [0.3, 0.4) is 0 Å². The monoisotopic (exact) mass is 478 g/mol. The van der Waals surface area contributed by atoms with Crippen LogP contribution in [-0.2, 0) is 14.3 Å². The molecule has 0 aromatic heterocycles. The number of benzene rings is 2. The van der Waals surface area contributed by atoms with Gasteiger partial charge in [0, 0.05) is 30.5 Å². The van der Waals surface area contributed by atoms with E-state index in [9.17, 15) is 14.4 Å². The Morgan fingerprint density at radius 2 is 1.69 bits per heavy atom. The summed E-state index contributed by atoms with van der Waals surface area (Å²) in [6, 6.07) is 15.9. The largest absolute Gasteiger partial charge is 0.481 e. The minimum atomic E-state index is -0.915. The molecular weight excluding hydrogens is 444 g/mol. The zero-order valence-corrected chi connectivity index (χ0v) is 20.4. The molecule has 2 N–H and O–H groups in total. The van der Waals surface area contributed by atoms with Gasteiger partial charge < -0.3 is 20.1 Å². The lowest BCUT2D eigenvalue weighted by Crippen LogP contribution is -2.47. The molecule has 186 valence electrons. The lowest BCUT2D eigenvalue weighted by atomic mass is 9.84. The number of alkyl carbamates (subject to hydrolysis) is 1. The van der Waals surface area contributed by atoms with Crippen LogP contribution in [0.15, 0.2) is 48.5 Å². The number of carbonyl (C=O) groups is 3. The van der Waals surface area contributed by atoms with Crippen molar-refractivity contribution in [1.82, 2.24) is 10.2 Å². The average molecular weight is 479 g/mol. The van der Waals surface area contributed by atoms with Crippen LogP contribution in [0, 0.1) is 5.92 Å². The number of hydrogen-bond donors (Lipinski definition) is 2. The fraction of sp³-hybridized carbons (Fsp3) is 0.464. The summed E-state index contributed by atoms with van der Waals surface area (Å²) in [5, 5.41) is 12.1. The molecule has 2 aromatic rings. The van der Waals surface area contributed by atoms with E-state index in [0.717, 1.165) is 19.3 Å². The van der Waals surface area contributed by atoms with E-state index in [2.05, 4.69) is 29.6 Å². The number of amides is 2. The van der Waals surface area contributed by atoms with Gasteiger partial charge in [-0.15, -0.1) is 0 Å². The van der Waals surface area contributed by atoms with Crippen molar-refractivity contribution in [1.29, 1.82) is 0 Å². The minimum Gasteiger partial charge on any atom is -0.481 e. The first-order valence-corrected chi connectivity index (χ1v) is 12.5. The highest BCUT2D eigenvalue weighted by Gasteiger charge is 2.33. The van der Waals surface area contributed by atoms with Gasteiger partial charge in [-0.2, -0.15) is 0 Å². The van der Waals surface area contributed by atoms with E-state index < -0.39 is 12.1 Å². The van der Waals surface area contributed by atoms with Crippen molar-refractivity contribution in [3.05, 3.63) is 59.7 Å². The Balaban J connectivity index is 1.33. The van der Waals surface area contributed by atoms with Gasteiger partial charge in [0.25, 0.3) is 0 Å². The van der Waals surface area contributed by atoms with Gasteiger partial charge in [-0.25, -0.2) is 4.79 Å². The van der Waals surface area contributed by atoms with Gasteiger partial charge in [-0.1, -0.05) is 55.0 Å². The third kappa shape index (κ3) is 5.50. The van der Waals surface area contributed by atoms with E-state index in [1.54, 1.807) is 11.8 Å². The van der Waals surface area contributed by atoms with Gasteiger partial charge in [0.1, 0.15) is 6.61 Å². The Labute approximate surface area is 206 Å². The van der Waals surface area contributed by atoms with Gasteiger partial charge in [-0.05, 0) is 55.4 Å².